The van der Waals surface area contributed by atoms with Crippen molar-refractivity contribution in [2.45, 2.75) is 63.5 Å². The second-order valence-electron chi connectivity index (χ2n) is 5.95. The third-order valence-corrected chi connectivity index (χ3v) is 5.64. The summed E-state index contributed by atoms with van der Waals surface area (Å²) < 4.78 is 10.2. The molecule has 2 heterocycles. The Hall–Kier alpha value is -0.520. The third-order valence-electron chi connectivity index (χ3n) is 4.78. The summed E-state index contributed by atoms with van der Waals surface area (Å²) in [5.41, 5.74) is 7.75. The van der Waals surface area contributed by atoms with Crippen molar-refractivity contribution in [3.63, 3.8) is 0 Å². The molecule has 1 aromatic rings. The Labute approximate surface area is 118 Å². The van der Waals surface area contributed by atoms with Crippen LogP contribution < -0.4 is 5.73 Å². The number of hydrogen-bond donors (Lipinski definition) is 1. The van der Waals surface area contributed by atoms with E-state index in [4.69, 9.17) is 10.5 Å². The average molecular weight is 281 g/mol. The minimum atomic E-state index is 0.0938. The number of aryl methyl sites for hydroxylation is 1. The Morgan fingerprint density at radius 2 is 2.26 bits per heavy atom. The molecule has 4 nitrogen and oxygen atoms in total. The Balaban J connectivity index is 1.74. The monoisotopic (exact) mass is 281 g/mol. The Kier molecular flexibility index (Phi) is 3.87. The summed E-state index contributed by atoms with van der Waals surface area (Å²) in [6.45, 7) is 2.99. The molecule has 2 fully saturated rings. The molecule has 2 N–H and O–H groups in total. The lowest BCUT2D eigenvalue weighted by Crippen LogP contribution is -2.40. The summed E-state index contributed by atoms with van der Waals surface area (Å²) in [4.78, 5) is 1.20. The first-order chi connectivity index (χ1) is 9.24. The van der Waals surface area contributed by atoms with Crippen LogP contribution in [0.15, 0.2) is 0 Å². The highest BCUT2D eigenvalue weighted by Gasteiger charge is 2.42. The first kappa shape index (κ1) is 13.5. The lowest BCUT2D eigenvalue weighted by Gasteiger charge is -2.40. The van der Waals surface area contributed by atoms with E-state index in [2.05, 4.69) is 16.5 Å². The maximum Gasteiger partial charge on any atom is 0.0801 e. The summed E-state index contributed by atoms with van der Waals surface area (Å²) in [7, 11) is 0. The molecule has 1 saturated carbocycles. The highest BCUT2D eigenvalue weighted by molar-refractivity contribution is 7.05. The topological polar surface area (TPSA) is 61.0 Å². The van der Waals surface area contributed by atoms with Gasteiger partial charge in [0.05, 0.1) is 16.2 Å². The van der Waals surface area contributed by atoms with Crippen molar-refractivity contribution < 1.29 is 4.74 Å². The fourth-order valence-corrected chi connectivity index (χ4v) is 4.50. The first-order valence-electron chi connectivity index (χ1n) is 7.45. The lowest BCUT2D eigenvalue weighted by molar-refractivity contribution is -0.0962. The van der Waals surface area contributed by atoms with Gasteiger partial charge in [-0.1, -0.05) is 24.3 Å². The lowest BCUT2D eigenvalue weighted by atomic mass is 9.80. The molecule has 1 aromatic heterocycles. The van der Waals surface area contributed by atoms with E-state index in [1.165, 1.54) is 42.1 Å². The molecule has 0 bridgehead atoms. The molecule has 106 valence electrons. The molecule has 2 atom stereocenters. The second kappa shape index (κ2) is 5.46. The molecule has 2 aliphatic rings. The smallest absolute Gasteiger partial charge is 0.0801 e. The van der Waals surface area contributed by atoms with Crippen LogP contribution in [0.2, 0.25) is 0 Å². The zero-order valence-electron chi connectivity index (χ0n) is 11.6. The van der Waals surface area contributed by atoms with E-state index in [-0.39, 0.29) is 11.6 Å². The van der Waals surface area contributed by atoms with Crippen molar-refractivity contribution in [3.05, 3.63) is 10.6 Å². The van der Waals surface area contributed by atoms with E-state index in [9.17, 15) is 0 Å². The van der Waals surface area contributed by atoms with Crippen LogP contribution in [-0.4, -0.2) is 21.8 Å². The minimum absolute atomic E-state index is 0.0938. The van der Waals surface area contributed by atoms with E-state index in [0.717, 1.165) is 31.6 Å². The van der Waals surface area contributed by atoms with E-state index in [0.29, 0.717) is 5.92 Å². The third kappa shape index (κ3) is 2.56. The van der Waals surface area contributed by atoms with Crippen molar-refractivity contribution in [1.29, 1.82) is 0 Å². The maximum absolute atomic E-state index is 6.52. The number of rotatable bonds is 3. The normalized spacial score (nSPS) is 27.8. The van der Waals surface area contributed by atoms with Gasteiger partial charge < -0.3 is 10.5 Å². The van der Waals surface area contributed by atoms with Gasteiger partial charge in [-0.15, -0.1) is 5.10 Å². The average Bonchev–Trinajstić information content (AvgIpc) is 3.07. The number of hydrogen-bond acceptors (Lipinski definition) is 5. The van der Waals surface area contributed by atoms with Crippen LogP contribution in [0, 0.1) is 5.92 Å². The van der Waals surface area contributed by atoms with Gasteiger partial charge in [0.25, 0.3) is 0 Å². The zero-order chi connectivity index (χ0) is 13.3. The highest BCUT2D eigenvalue weighted by atomic mass is 32.1. The minimum Gasteiger partial charge on any atom is -0.375 e. The van der Waals surface area contributed by atoms with Crippen molar-refractivity contribution in [2.24, 2.45) is 11.7 Å². The molecule has 1 aliphatic heterocycles. The van der Waals surface area contributed by atoms with E-state index < -0.39 is 0 Å². The van der Waals surface area contributed by atoms with Crippen LogP contribution in [0.3, 0.4) is 0 Å². The van der Waals surface area contributed by atoms with Crippen molar-refractivity contribution >= 4 is 11.5 Å². The molecule has 3 rings (SSSR count). The maximum atomic E-state index is 6.52. The van der Waals surface area contributed by atoms with Crippen molar-refractivity contribution in [2.75, 3.05) is 6.61 Å². The predicted octanol–water partition coefficient (Wildman–Crippen LogP) is 2.84. The van der Waals surface area contributed by atoms with Gasteiger partial charge in [0.2, 0.25) is 0 Å². The largest absolute Gasteiger partial charge is 0.375 e. The Morgan fingerprint density at radius 1 is 1.47 bits per heavy atom. The molecule has 0 aromatic carbocycles. The predicted molar refractivity (Wildman–Crippen MR) is 76.1 cm³/mol. The van der Waals surface area contributed by atoms with Gasteiger partial charge in [0.1, 0.15) is 0 Å². The number of nitrogens with zero attached hydrogens (tertiary/aromatic N) is 2. The molecular weight excluding hydrogens is 258 g/mol. The molecule has 0 radical (unpaired) electrons. The van der Waals surface area contributed by atoms with E-state index >= 15 is 0 Å². The van der Waals surface area contributed by atoms with Gasteiger partial charge in [-0.2, -0.15) is 0 Å². The molecule has 2 unspecified atom stereocenters. The molecule has 19 heavy (non-hydrogen) atoms. The summed E-state index contributed by atoms with van der Waals surface area (Å²) in [5, 5.41) is 4.20. The van der Waals surface area contributed by atoms with Crippen molar-refractivity contribution in [1.82, 2.24) is 9.59 Å². The van der Waals surface area contributed by atoms with Gasteiger partial charge >= 0.3 is 0 Å². The first-order valence-corrected chi connectivity index (χ1v) is 8.22. The van der Waals surface area contributed by atoms with Gasteiger partial charge in [-0.25, -0.2) is 0 Å². The molecule has 0 amide bonds. The van der Waals surface area contributed by atoms with Crippen LogP contribution in [-0.2, 0) is 11.2 Å². The second-order valence-corrected chi connectivity index (χ2v) is 6.74. The molecule has 5 heteroatoms. The fourth-order valence-electron chi connectivity index (χ4n) is 3.67. The van der Waals surface area contributed by atoms with Crippen LogP contribution in [0.25, 0.3) is 0 Å². The summed E-state index contributed by atoms with van der Waals surface area (Å²) in [5.74, 6) is 0.527. The SMILES string of the molecule is CCc1nnsc1C(N)C1CCOC2(CCCC2)C1. The number of ether oxygens (including phenoxy) is 1. The summed E-state index contributed by atoms with van der Waals surface area (Å²) in [6.07, 6.45) is 8.18. The Bertz CT molecular complexity index is 428. The quantitative estimate of drug-likeness (QED) is 0.925. The Morgan fingerprint density at radius 3 is 3.00 bits per heavy atom. The standard InChI is InChI=1S/C14H23N3OS/c1-2-11-13(19-17-16-11)12(15)10-5-8-18-14(9-10)6-3-4-7-14/h10,12H,2-9,15H2,1H3. The van der Waals surface area contributed by atoms with Gasteiger partial charge in [0.15, 0.2) is 0 Å². The van der Waals surface area contributed by atoms with E-state index in [1.54, 1.807) is 0 Å². The van der Waals surface area contributed by atoms with Crippen LogP contribution in [0.4, 0.5) is 0 Å². The number of aromatic nitrogens is 2. The van der Waals surface area contributed by atoms with Crippen LogP contribution in [0.1, 0.15) is 62.1 Å². The summed E-state index contributed by atoms with van der Waals surface area (Å²) in [6, 6.07) is 0.0938. The fraction of sp³-hybridized carbons (Fsp3) is 0.857. The van der Waals surface area contributed by atoms with Crippen LogP contribution in [0.5, 0.6) is 0 Å². The summed E-state index contributed by atoms with van der Waals surface area (Å²) >= 11 is 1.48. The molecule has 1 saturated heterocycles. The van der Waals surface area contributed by atoms with Crippen LogP contribution >= 0.6 is 11.5 Å². The molecule has 1 aliphatic carbocycles. The highest BCUT2D eigenvalue weighted by Crippen LogP contribution is 2.45. The van der Waals surface area contributed by atoms with Gasteiger partial charge in [-0.3, -0.25) is 0 Å². The van der Waals surface area contributed by atoms with Crippen molar-refractivity contribution in [3.8, 4) is 0 Å². The zero-order valence-corrected chi connectivity index (χ0v) is 12.4. The van der Waals surface area contributed by atoms with Gasteiger partial charge in [-0.05, 0) is 49.6 Å². The molecular formula is C14H23N3OS. The van der Waals surface area contributed by atoms with E-state index in [1.807, 2.05) is 0 Å². The van der Waals surface area contributed by atoms with Gasteiger partial charge in [0, 0.05) is 12.6 Å². The molecule has 1 spiro atoms. The number of nitrogens with two attached hydrogens (primary N) is 1.